The van der Waals surface area contributed by atoms with Crippen LogP contribution < -0.4 is 4.90 Å². The lowest BCUT2D eigenvalue weighted by Gasteiger charge is -2.23. The second kappa shape index (κ2) is 6.67. The summed E-state index contributed by atoms with van der Waals surface area (Å²) in [5.41, 5.74) is 1.84. The van der Waals surface area contributed by atoms with Crippen molar-refractivity contribution in [1.29, 1.82) is 0 Å². The lowest BCUT2D eigenvalue weighted by molar-refractivity contribution is 0.625. The van der Waals surface area contributed by atoms with Gasteiger partial charge in [0.05, 0.1) is 0 Å². The van der Waals surface area contributed by atoms with Gasteiger partial charge in [-0.25, -0.2) is 4.39 Å². The number of thioether (sulfide) groups is 1. The molecule has 1 heterocycles. The molecular formula is C14H19ClFNS. The van der Waals surface area contributed by atoms with Gasteiger partial charge in [-0.2, -0.15) is 11.8 Å². The zero-order valence-corrected chi connectivity index (χ0v) is 12.2. The topological polar surface area (TPSA) is 3.24 Å². The van der Waals surface area contributed by atoms with Gasteiger partial charge in [-0.05, 0) is 49.3 Å². The van der Waals surface area contributed by atoms with Crippen LogP contribution in [0.2, 0.25) is 0 Å². The number of nitrogens with zero attached hydrogens (tertiary/aromatic N) is 1. The lowest BCUT2D eigenvalue weighted by atomic mass is 10.2. The van der Waals surface area contributed by atoms with E-state index in [9.17, 15) is 4.39 Å². The van der Waals surface area contributed by atoms with E-state index in [1.54, 1.807) is 6.07 Å². The standard InChI is InChI=1S/C14H19ClFNS/c1-18-14-3-2-5-17(6-4-14)13-8-11(10-15)7-12(16)9-13/h7-9,14H,2-6,10H2,1H3. The summed E-state index contributed by atoms with van der Waals surface area (Å²) in [6.07, 6.45) is 5.79. The number of benzene rings is 1. The van der Waals surface area contributed by atoms with Crippen LogP contribution in [0.15, 0.2) is 18.2 Å². The molecule has 0 aliphatic carbocycles. The average Bonchev–Trinajstić information content (AvgIpc) is 2.63. The summed E-state index contributed by atoms with van der Waals surface area (Å²) < 4.78 is 13.5. The fourth-order valence-corrected chi connectivity index (χ4v) is 3.35. The zero-order valence-electron chi connectivity index (χ0n) is 10.7. The van der Waals surface area contributed by atoms with Crippen LogP contribution in [-0.2, 0) is 5.88 Å². The zero-order chi connectivity index (χ0) is 13.0. The fraction of sp³-hybridized carbons (Fsp3) is 0.571. The molecule has 1 aromatic carbocycles. The molecule has 18 heavy (non-hydrogen) atoms. The van der Waals surface area contributed by atoms with Crippen LogP contribution in [0.3, 0.4) is 0 Å². The molecule has 1 unspecified atom stereocenters. The Bertz CT molecular complexity index is 399. The smallest absolute Gasteiger partial charge is 0.125 e. The molecule has 1 aliphatic rings. The predicted octanol–water partition coefficient (Wildman–Crippen LogP) is 4.29. The van der Waals surface area contributed by atoms with Crippen molar-refractivity contribution >= 4 is 29.1 Å². The van der Waals surface area contributed by atoms with Gasteiger partial charge in [0, 0.05) is 29.9 Å². The van der Waals surface area contributed by atoms with Gasteiger partial charge in [0.1, 0.15) is 5.82 Å². The maximum Gasteiger partial charge on any atom is 0.125 e. The summed E-state index contributed by atoms with van der Waals surface area (Å²) in [5.74, 6) is 0.181. The van der Waals surface area contributed by atoms with Gasteiger partial charge in [0.15, 0.2) is 0 Å². The highest BCUT2D eigenvalue weighted by atomic mass is 35.5. The lowest BCUT2D eigenvalue weighted by Crippen LogP contribution is -2.24. The number of rotatable bonds is 3. The van der Waals surface area contributed by atoms with Crippen molar-refractivity contribution in [2.24, 2.45) is 0 Å². The van der Waals surface area contributed by atoms with E-state index in [2.05, 4.69) is 11.2 Å². The summed E-state index contributed by atoms with van der Waals surface area (Å²) in [6, 6.07) is 5.14. The van der Waals surface area contributed by atoms with Gasteiger partial charge in [-0.15, -0.1) is 11.6 Å². The Morgan fingerprint density at radius 1 is 1.33 bits per heavy atom. The summed E-state index contributed by atoms with van der Waals surface area (Å²) in [7, 11) is 0. The molecule has 1 aliphatic heterocycles. The molecule has 0 bridgehead atoms. The van der Waals surface area contributed by atoms with Crippen LogP contribution >= 0.6 is 23.4 Å². The third-order valence-electron chi connectivity index (χ3n) is 3.47. The van der Waals surface area contributed by atoms with E-state index in [1.807, 2.05) is 17.8 Å². The highest BCUT2D eigenvalue weighted by Gasteiger charge is 2.17. The summed E-state index contributed by atoms with van der Waals surface area (Å²) in [6.45, 7) is 2.03. The molecule has 1 atom stereocenters. The number of anilines is 1. The third-order valence-corrected chi connectivity index (χ3v) is 4.92. The van der Waals surface area contributed by atoms with Crippen molar-refractivity contribution in [2.45, 2.75) is 30.4 Å². The van der Waals surface area contributed by atoms with E-state index >= 15 is 0 Å². The number of halogens is 2. The van der Waals surface area contributed by atoms with E-state index in [1.165, 1.54) is 25.3 Å². The highest BCUT2D eigenvalue weighted by molar-refractivity contribution is 7.99. The van der Waals surface area contributed by atoms with E-state index in [0.717, 1.165) is 29.6 Å². The summed E-state index contributed by atoms with van der Waals surface area (Å²) in [5, 5.41) is 0.746. The molecule has 0 aromatic heterocycles. The first-order chi connectivity index (χ1) is 8.72. The minimum absolute atomic E-state index is 0.186. The molecule has 0 N–H and O–H groups in total. The third kappa shape index (κ3) is 3.55. The van der Waals surface area contributed by atoms with Gasteiger partial charge in [-0.1, -0.05) is 0 Å². The monoisotopic (exact) mass is 287 g/mol. The molecule has 1 nitrogen and oxygen atoms in total. The normalized spacial score (nSPS) is 20.8. The average molecular weight is 288 g/mol. The van der Waals surface area contributed by atoms with Gasteiger partial charge < -0.3 is 4.90 Å². The Labute approximate surface area is 118 Å². The van der Waals surface area contributed by atoms with Gasteiger partial charge in [0.25, 0.3) is 0 Å². The Hall–Kier alpha value is -0.410. The van der Waals surface area contributed by atoms with E-state index in [0.29, 0.717) is 5.88 Å². The van der Waals surface area contributed by atoms with Crippen molar-refractivity contribution in [3.05, 3.63) is 29.6 Å². The molecule has 0 saturated carbocycles. The number of hydrogen-bond donors (Lipinski definition) is 0. The first-order valence-corrected chi connectivity index (χ1v) is 8.18. The van der Waals surface area contributed by atoms with Crippen molar-refractivity contribution < 1.29 is 4.39 Å². The van der Waals surface area contributed by atoms with Gasteiger partial charge in [0.2, 0.25) is 0 Å². The highest BCUT2D eigenvalue weighted by Crippen LogP contribution is 2.26. The van der Waals surface area contributed by atoms with Crippen molar-refractivity contribution in [3.63, 3.8) is 0 Å². The number of alkyl halides is 1. The van der Waals surface area contributed by atoms with Crippen LogP contribution in [0.1, 0.15) is 24.8 Å². The molecule has 1 fully saturated rings. The maximum absolute atomic E-state index is 13.5. The van der Waals surface area contributed by atoms with Crippen molar-refractivity contribution in [2.75, 3.05) is 24.2 Å². The van der Waals surface area contributed by atoms with E-state index in [-0.39, 0.29) is 5.82 Å². The van der Waals surface area contributed by atoms with Crippen LogP contribution in [0.5, 0.6) is 0 Å². The molecule has 100 valence electrons. The summed E-state index contributed by atoms with van der Waals surface area (Å²) >= 11 is 7.74. The Balaban J connectivity index is 2.13. The molecule has 1 aromatic rings. The first-order valence-electron chi connectivity index (χ1n) is 6.36. The molecule has 0 radical (unpaired) electrons. The Morgan fingerprint density at radius 2 is 2.17 bits per heavy atom. The van der Waals surface area contributed by atoms with Crippen molar-refractivity contribution in [3.8, 4) is 0 Å². The molecule has 0 spiro atoms. The van der Waals surface area contributed by atoms with Gasteiger partial charge >= 0.3 is 0 Å². The van der Waals surface area contributed by atoms with Crippen molar-refractivity contribution in [1.82, 2.24) is 0 Å². The van der Waals surface area contributed by atoms with Crippen LogP contribution in [-0.4, -0.2) is 24.6 Å². The molecule has 2 rings (SSSR count). The number of hydrogen-bond acceptors (Lipinski definition) is 2. The fourth-order valence-electron chi connectivity index (χ4n) is 2.45. The molecule has 4 heteroatoms. The second-order valence-corrected chi connectivity index (χ2v) is 6.13. The molecular weight excluding hydrogens is 269 g/mol. The predicted molar refractivity (Wildman–Crippen MR) is 79.3 cm³/mol. The summed E-state index contributed by atoms with van der Waals surface area (Å²) in [4.78, 5) is 2.29. The molecule has 0 amide bonds. The van der Waals surface area contributed by atoms with Crippen LogP contribution in [0, 0.1) is 5.82 Å². The second-order valence-electron chi connectivity index (χ2n) is 4.73. The van der Waals surface area contributed by atoms with E-state index < -0.39 is 0 Å². The maximum atomic E-state index is 13.5. The van der Waals surface area contributed by atoms with Gasteiger partial charge in [-0.3, -0.25) is 0 Å². The van der Waals surface area contributed by atoms with E-state index in [4.69, 9.17) is 11.6 Å². The van der Waals surface area contributed by atoms with Crippen LogP contribution in [0.4, 0.5) is 10.1 Å². The quantitative estimate of drug-likeness (QED) is 0.763. The van der Waals surface area contributed by atoms with Crippen LogP contribution in [0.25, 0.3) is 0 Å². The SMILES string of the molecule is CSC1CCCN(c2cc(F)cc(CCl)c2)CC1. The largest absolute Gasteiger partial charge is 0.371 e. The molecule has 1 saturated heterocycles. The Kier molecular flexibility index (Phi) is 5.19. The minimum Gasteiger partial charge on any atom is -0.371 e. The Morgan fingerprint density at radius 3 is 2.89 bits per heavy atom. The first kappa shape index (κ1) is 14.0. The minimum atomic E-state index is -0.186.